The molecule has 3 aliphatic carbocycles. The van der Waals surface area contributed by atoms with E-state index in [-0.39, 0.29) is 23.6 Å². The van der Waals surface area contributed by atoms with Gasteiger partial charge in [-0.15, -0.1) is 0 Å². The summed E-state index contributed by atoms with van der Waals surface area (Å²) in [7, 11) is 0. The normalized spacial score (nSPS) is 31.3. The lowest BCUT2D eigenvalue weighted by Crippen LogP contribution is -2.60. The monoisotopic (exact) mass is 630 g/mol. The lowest BCUT2D eigenvalue weighted by molar-refractivity contribution is -0.140. The summed E-state index contributed by atoms with van der Waals surface area (Å²) in [5.41, 5.74) is 0.551. The average Bonchev–Trinajstić information content (AvgIpc) is 3.37. The van der Waals surface area contributed by atoms with Gasteiger partial charge in [-0.3, -0.25) is 19.2 Å². The van der Waals surface area contributed by atoms with Crippen LogP contribution in [-0.4, -0.2) is 23.6 Å². The molecule has 2 saturated heterocycles. The summed E-state index contributed by atoms with van der Waals surface area (Å²) in [5.74, 6) is -5.05. The van der Waals surface area contributed by atoms with Gasteiger partial charge >= 0.3 is 0 Å². The first kappa shape index (κ1) is 23.7. The fourth-order valence-corrected chi connectivity index (χ4v) is 8.14. The van der Waals surface area contributed by atoms with E-state index in [1.54, 1.807) is 36.4 Å². The molecule has 3 aromatic rings. The fraction of sp³-hybridized carbons (Fsp3) is 0.200. The van der Waals surface area contributed by atoms with Crippen molar-refractivity contribution in [2.45, 2.75) is 5.41 Å². The van der Waals surface area contributed by atoms with Gasteiger partial charge in [0.05, 0.1) is 35.0 Å². The lowest BCUT2D eigenvalue weighted by Gasteiger charge is -2.53. The van der Waals surface area contributed by atoms with Gasteiger partial charge in [0, 0.05) is 20.3 Å². The zero-order valence-corrected chi connectivity index (χ0v) is 23.0. The van der Waals surface area contributed by atoms with Crippen LogP contribution in [0.15, 0.2) is 100.0 Å². The number of allylic oxidation sites excluding steroid dienone is 2. The number of carbonyl (C=O) groups excluding carboxylic acids is 4. The smallest absolute Gasteiger partial charge is 0.238 e. The van der Waals surface area contributed by atoms with Gasteiger partial charge < -0.3 is 0 Å². The van der Waals surface area contributed by atoms with Gasteiger partial charge in [-0.25, -0.2) is 9.80 Å². The largest absolute Gasteiger partial charge is 0.274 e. The molecule has 5 aliphatic rings. The number of nitrogens with zero attached hydrogens (tertiary/aromatic N) is 2. The van der Waals surface area contributed by atoms with E-state index in [2.05, 4.69) is 31.9 Å². The van der Waals surface area contributed by atoms with E-state index < -0.39 is 35.0 Å². The highest BCUT2D eigenvalue weighted by atomic mass is 79.9. The molecule has 0 unspecified atom stereocenters. The molecule has 0 spiro atoms. The first-order valence-corrected chi connectivity index (χ1v) is 14.0. The third-order valence-electron chi connectivity index (χ3n) is 8.62. The highest BCUT2D eigenvalue weighted by molar-refractivity contribution is 9.11. The Hall–Kier alpha value is -3.36. The van der Waals surface area contributed by atoms with E-state index in [0.717, 1.165) is 5.56 Å². The Labute approximate surface area is 235 Å². The van der Waals surface area contributed by atoms with Crippen molar-refractivity contribution in [3.8, 4) is 0 Å². The summed E-state index contributed by atoms with van der Waals surface area (Å²) < 4.78 is 1.25. The maximum atomic E-state index is 14.3. The molecule has 38 heavy (non-hydrogen) atoms. The molecule has 0 aromatic heterocycles. The molecule has 1 saturated carbocycles. The maximum Gasteiger partial charge on any atom is 0.238 e. The Morgan fingerprint density at radius 3 is 1.50 bits per heavy atom. The molecular formula is C30H20Br2N2O4. The minimum atomic E-state index is -1.14. The van der Waals surface area contributed by atoms with Crippen molar-refractivity contribution in [2.75, 3.05) is 9.80 Å². The standard InChI is InChI=1S/C30H20Br2N2O4/c31-18-10-4-6-12-20(18)33-26(35)22-17-14-15-30(24(22)28(33)37,16-8-2-1-3-9-16)25-23(17)27(36)34(29(25)38)21-13-7-5-11-19(21)32/h1-15,17,22-25H/t17?,22-,23-,24-,25-,30?/m1/s1. The van der Waals surface area contributed by atoms with Crippen LogP contribution in [-0.2, 0) is 24.6 Å². The number of imide groups is 2. The highest BCUT2D eigenvalue weighted by Gasteiger charge is 2.75. The third kappa shape index (κ3) is 2.87. The van der Waals surface area contributed by atoms with E-state index in [0.29, 0.717) is 20.3 Å². The molecule has 188 valence electrons. The van der Waals surface area contributed by atoms with Gasteiger partial charge in [-0.2, -0.15) is 0 Å². The lowest BCUT2D eigenvalue weighted by atomic mass is 9.45. The topological polar surface area (TPSA) is 74.8 Å². The summed E-state index contributed by atoms with van der Waals surface area (Å²) in [6.07, 6.45) is 3.83. The highest BCUT2D eigenvalue weighted by Crippen LogP contribution is 2.65. The minimum Gasteiger partial charge on any atom is -0.274 e. The third-order valence-corrected chi connectivity index (χ3v) is 9.96. The zero-order chi connectivity index (χ0) is 26.3. The van der Waals surface area contributed by atoms with Crippen molar-refractivity contribution in [1.29, 1.82) is 0 Å². The van der Waals surface area contributed by atoms with Gasteiger partial charge in [0.2, 0.25) is 23.6 Å². The second-order valence-electron chi connectivity index (χ2n) is 10.2. The van der Waals surface area contributed by atoms with Crippen LogP contribution in [0.25, 0.3) is 0 Å². The Morgan fingerprint density at radius 2 is 1.03 bits per heavy atom. The predicted molar refractivity (Wildman–Crippen MR) is 148 cm³/mol. The molecule has 8 heteroatoms. The van der Waals surface area contributed by atoms with Gasteiger partial charge in [-0.1, -0.05) is 66.7 Å². The van der Waals surface area contributed by atoms with Crippen molar-refractivity contribution >= 4 is 66.9 Å². The predicted octanol–water partition coefficient (Wildman–Crippen LogP) is 5.26. The number of para-hydroxylation sites is 2. The quantitative estimate of drug-likeness (QED) is 0.292. The van der Waals surface area contributed by atoms with Crippen LogP contribution in [0.4, 0.5) is 11.4 Å². The first-order valence-electron chi connectivity index (χ1n) is 12.4. The number of rotatable bonds is 3. The Balaban J connectivity index is 1.45. The summed E-state index contributed by atoms with van der Waals surface area (Å²) in [6, 6.07) is 23.6. The van der Waals surface area contributed by atoms with Gasteiger partial charge in [0.1, 0.15) is 0 Å². The number of hydrogen-bond acceptors (Lipinski definition) is 4. The summed E-state index contributed by atoms with van der Waals surface area (Å²) in [6.45, 7) is 0. The van der Waals surface area contributed by atoms with Crippen LogP contribution in [0, 0.1) is 29.6 Å². The van der Waals surface area contributed by atoms with Crippen LogP contribution < -0.4 is 9.80 Å². The van der Waals surface area contributed by atoms with Crippen molar-refractivity contribution in [3.63, 3.8) is 0 Å². The molecule has 2 heterocycles. The molecule has 0 N–H and O–H groups in total. The SMILES string of the molecule is O=C1[C@@H]2C3C=CC(c4ccccc4)([C@H]2C(=O)N1c1ccccc1Br)[C@H]1C(=O)N(c2ccccc2Br)C(=O)[C@H]31. The van der Waals surface area contributed by atoms with Crippen molar-refractivity contribution in [3.05, 3.63) is 106 Å². The van der Waals surface area contributed by atoms with E-state index >= 15 is 0 Å². The van der Waals surface area contributed by atoms with E-state index in [9.17, 15) is 19.2 Å². The second-order valence-corrected chi connectivity index (χ2v) is 11.9. The molecule has 3 fully saturated rings. The number of carbonyl (C=O) groups is 4. The Kier molecular flexibility index (Phi) is 5.20. The number of amides is 4. The van der Waals surface area contributed by atoms with Crippen LogP contribution in [0.2, 0.25) is 0 Å². The number of anilines is 2. The molecule has 4 atom stereocenters. The van der Waals surface area contributed by atoms with E-state index in [1.807, 2.05) is 54.6 Å². The molecule has 6 nitrogen and oxygen atoms in total. The van der Waals surface area contributed by atoms with E-state index in [4.69, 9.17) is 0 Å². The summed E-state index contributed by atoms with van der Waals surface area (Å²) in [4.78, 5) is 59.2. The summed E-state index contributed by atoms with van der Waals surface area (Å²) >= 11 is 6.98. The number of benzene rings is 3. The van der Waals surface area contributed by atoms with Gasteiger partial charge in [-0.05, 0) is 61.7 Å². The van der Waals surface area contributed by atoms with Crippen LogP contribution in [0.1, 0.15) is 5.56 Å². The van der Waals surface area contributed by atoms with Crippen molar-refractivity contribution in [2.24, 2.45) is 29.6 Å². The molecule has 0 radical (unpaired) electrons. The molecule has 2 bridgehead atoms. The molecule has 4 amide bonds. The number of hydrogen-bond donors (Lipinski definition) is 0. The maximum absolute atomic E-state index is 14.3. The first-order chi connectivity index (χ1) is 18.4. The minimum absolute atomic E-state index is 0.334. The number of halogens is 2. The van der Waals surface area contributed by atoms with Crippen molar-refractivity contribution < 1.29 is 19.2 Å². The van der Waals surface area contributed by atoms with E-state index in [1.165, 1.54) is 9.80 Å². The van der Waals surface area contributed by atoms with Crippen LogP contribution in [0.3, 0.4) is 0 Å². The van der Waals surface area contributed by atoms with Gasteiger partial charge in [0.15, 0.2) is 0 Å². The fourth-order valence-electron chi connectivity index (χ4n) is 7.22. The molecule has 2 aliphatic heterocycles. The Morgan fingerprint density at radius 1 is 0.579 bits per heavy atom. The molecule has 8 rings (SSSR count). The van der Waals surface area contributed by atoms with Crippen LogP contribution in [0.5, 0.6) is 0 Å². The second kappa shape index (κ2) is 8.32. The average molecular weight is 632 g/mol. The van der Waals surface area contributed by atoms with Crippen LogP contribution >= 0.6 is 31.9 Å². The Bertz CT molecular complexity index is 1500. The van der Waals surface area contributed by atoms with Gasteiger partial charge in [0.25, 0.3) is 0 Å². The zero-order valence-electron chi connectivity index (χ0n) is 19.8. The summed E-state index contributed by atoms with van der Waals surface area (Å²) in [5, 5.41) is 0. The molecular weight excluding hydrogens is 612 g/mol. The molecule has 3 aromatic carbocycles. The van der Waals surface area contributed by atoms with Crippen molar-refractivity contribution in [1.82, 2.24) is 0 Å².